The van der Waals surface area contributed by atoms with Gasteiger partial charge in [-0.1, -0.05) is 42.0 Å². The van der Waals surface area contributed by atoms with E-state index in [4.69, 9.17) is 11.6 Å². The van der Waals surface area contributed by atoms with Crippen LogP contribution < -0.4 is 0 Å². The lowest BCUT2D eigenvalue weighted by Gasteiger charge is -2.30. The molecular formula is C22H25ClN2O3. The number of carbonyl (C=O) groups excluding carboxylic acids is 3. The Kier molecular flexibility index (Phi) is 5.04. The van der Waals surface area contributed by atoms with Gasteiger partial charge >= 0.3 is 0 Å². The van der Waals surface area contributed by atoms with E-state index in [1.807, 2.05) is 32.0 Å². The van der Waals surface area contributed by atoms with E-state index >= 15 is 0 Å². The van der Waals surface area contributed by atoms with Gasteiger partial charge in [-0.25, -0.2) is 0 Å². The van der Waals surface area contributed by atoms with Crippen molar-refractivity contribution < 1.29 is 14.4 Å². The lowest BCUT2D eigenvalue weighted by molar-refractivity contribution is -0.145. The highest BCUT2D eigenvalue weighted by Crippen LogP contribution is 2.54. The second-order valence-electron chi connectivity index (χ2n) is 7.85. The molecule has 3 aliphatic rings. The molecule has 2 aliphatic carbocycles. The number of nitrogens with zero attached hydrogens (tertiary/aromatic N) is 2. The van der Waals surface area contributed by atoms with Crippen LogP contribution in [-0.4, -0.2) is 40.6 Å². The molecule has 1 aromatic rings. The van der Waals surface area contributed by atoms with Crippen molar-refractivity contribution in [1.29, 1.82) is 0 Å². The Hall–Kier alpha value is -2.14. The molecule has 1 aromatic carbocycles. The van der Waals surface area contributed by atoms with Crippen LogP contribution in [0.5, 0.6) is 0 Å². The average molecular weight is 401 g/mol. The molecule has 5 unspecified atom stereocenters. The van der Waals surface area contributed by atoms with E-state index in [9.17, 15) is 14.4 Å². The highest BCUT2D eigenvalue weighted by Gasteiger charge is 2.60. The smallest absolute Gasteiger partial charge is 0.234 e. The van der Waals surface area contributed by atoms with Crippen molar-refractivity contribution in [2.75, 3.05) is 13.1 Å². The van der Waals surface area contributed by atoms with Crippen LogP contribution in [0.15, 0.2) is 36.4 Å². The minimum atomic E-state index is -0.660. The molecule has 28 heavy (non-hydrogen) atoms. The van der Waals surface area contributed by atoms with Crippen LogP contribution in [0.1, 0.15) is 38.3 Å². The molecule has 6 heteroatoms. The molecule has 1 saturated carbocycles. The summed E-state index contributed by atoms with van der Waals surface area (Å²) in [6, 6.07) is 6.52. The summed E-state index contributed by atoms with van der Waals surface area (Å²) in [5.41, 5.74) is 0.659. The standard InChI is InChI=1S/C22H25ClN2O3/c1-3-24(4-2)18(26)12-17(15-7-5-6-8-16(15)23)25-21(27)19-13-9-10-14(11-13)20(19)22(25)28/h5-10,13-14,17,19-20H,3-4,11-12H2,1-2H3. The Balaban J connectivity index is 1.70. The molecule has 4 rings (SSSR count). The predicted molar refractivity (Wildman–Crippen MR) is 106 cm³/mol. The maximum absolute atomic E-state index is 13.3. The molecule has 1 saturated heterocycles. The Labute approximate surface area is 170 Å². The van der Waals surface area contributed by atoms with Gasteiger partial charge in [-0.05, 0) is 43.7 Å². The van der Waals surface area contributed by atoms with Crippen molar-refractivity contribution >= 4 is 29.3 Å². The first-order valence-electron chi connectivity index (χ1n) is 10.0. The molecule has 3 amide bonds. The molecule has 0 radical (unpaired) electrons. The van der Waals surface area contributed by atoms with E-state index < -0.39 is 6.04 Å². The van der Waals surface area contributed by atoms with Crippen molar-refractivity contribution in [2.45, 2.75) is 32.7 Å². The maximum Gasteiger partial charge on any atom is 0.234 e. The summed E-state index contributed by atoms with van der Waals surface area (Å²) in [7, 11) is 0. The number of rotatable bonds is 6. The van der Waals surface area contributed by atoms with Gasteiger partial charge in [0, 0.05) is 18.1 Å². The molecule has 148 valence electrons. The monoisotopic (exact) mass is 400 g/mol. The lowest BCUT2D eigenvalue weighted by atomic mass is 9.85. The number of imide groups is 1. The molecular weight excluding hydrogens is 376 g/mol. The summed E-state index contributed by atoms with van der Waals surface area (Å²) < 4.78 is 0. The van der Waals surface area contributed by atoms with Crippen molar-refractivity contribution in [3.63, 3.8) is 0 Å². The van der Waals surface area contributed by atoms with Crippen LogP contribution in [0.2, 0.25) is 5.02 Å². The van der Waals surface area contributed by atoms with E-state index in [0.717, 1.165) is 6.42 Å². The molecule has 1 aliphatic heterocycles. The van der Waals surface area contributed by atoms with Crippen LogP contribution in [0.3, 0.4) is 0 Å². The van der Waals surface area contributed by atoms with E-state index in [0.29, 0.717) is 23.7 Å². The third kappa shape index (κ3) is 2.87. The van der Waals surface area contributed by atoms with Crippen LogP contribution in [0.4, 0.5) is 0 Å². The first kappa shape index (κ1) is 19.2. The summed E-state index contributed by atoms with van der Waals surface area (Å²) in [5.74, 6) is -0.655. The number of halogens is 1. The van der Waals surface area contributed by atoms with Crippen molar-refractivity contribution in [1.82, 2.24) is 9.80 Å². The number of fused-ring (bicyclic) bond motifs is 5. The fourth-order valence-corrected chi connectivity index (χ4v) is 5.45. The second-order valence-corrected chi connectivity index (χ2v) is 8.26. The number of hydrogen-bond donors (Lipinski definition) is 0. The Bertz CT molecular complexity index is 818. The van der Waals surface area contributed by atoms with Gasteiger partial charge < -0.3 is 4.90 Å². The first-order chi connectivity index (χ1) is 13.5. The van der Waals surface area contributed by atoms with Gasteiger partial charge in [0.15, 0.2) is 0 Å². The zero-order chi connectivity index (χ0) is 20.0. The predicted octanol–water partition coefficient (Wildman–Crippen LogP) is 3.45. The third-order valence-electron chi connectivity index (χ3n) is 6.56. The highest BCUT2D eigenvalue weighted by atomic mass is 35.5. The Morgan fingerprint density at radius 3 is 2.21 bits per heavy atom. The van der Waals surface area contributed by atoms with E-state index in [2.05, 4.69) is 12.2 Å². The van der Waals surface area contributed by atoms with Crippen LogP contribution in [-0.2, 0) is 14.4 Å². The van der Waals surface area contributed by atoms with Crippen molar-refractivity contribution in [3.8, 4) is 0 Å². The first-order valence-corrected chi connectivity index (χ1v) is 10.4. The zero-order valence-electron chi connectivity index (χ0n) is 16.2. The second kappa shape index (κ2) is 7.36. The summed E-state index contributed by atoms with van der Waals surface area (Å²) in [6.45, 7) is 5.02. The topological polar surface area (TPSA) is 57.7 Å². The summed E-state index contributed by atoms with van der Waals surface area (Å²) in [4.78, 5) is 42.6. The largest absolute Gasteiger partial charge is 0.343 e. The molecule has 1 heterocycles. The van der Waals surface area contributed by atoms with Gasteiger partial charge in [0.25, 0.3) is 0 Å². The van der Waals surface area contributed by atoms with Crippen LogP contribution >= 0.6 is 11.6 Å². The number of carbonyl (C=O) groups is 3. The average Bonchev–Trinajstić information content (AvgIpc) is 3.36. The minimum Gasteiger partial charge on any atom is -0.343 e. The van der Waals surface area contributed by atoms with E-state index in [1.54, 1.807) is 11.0 Å². The number of allylic oxidation sites excluding steroid dienone is 2. The van der Waals surface area contributed by atoms with Gasteiger partial charge in [-0.2, -0.15) is 0 Å². The highest BCUT2D eigenvalue weighted by molar-refractivity contribution is 6.31. The molecule has 5 nitrogen and oxygen atoms in total. The molecule has 0 aromatic heterocycles. The Morgan fingerprint density at radius 1 is 1.11 bits per heavy atom. The van der Waals surface area contributed by atoms with Gasteiger partial charge in [0.2, 0.25) is 17.7 Å². The lowest BCUT2D eigenvalue weighted by Crippen LogP contribution is -2.40. The number of benzene rings is 1. The SMILES string of the molecule is CCN(CC)C(=O)CC(c1ccccc1Cl)N1C(=O)C2C3C=CC(C3)C2C1=O. The molecule has 0 N–H and O–H groups in total. The van der Waals surface area contributed by atoms with Crippen molar-refractivity contribution in [2.24, 2.45) is 23.7 Å². The summed E-state index contributed by atoms with van der Waals surface area (Å²) in [5, 5.41) is 0.471. The van der Waals surface area contributed by atoms with Gasteiger partial charge in [-0.3, -0.25) is 19.3 Å². The Morgan fingerprint density at radius 2 is 1.68 bits per heavy atom. The minimum absolute atomic E-state index is 0.0606. The molecule has 2 bridgehead atoms. The molecule has 2 fully saturated rings. The van der Waals surface area contributed by atoms with Gasteiger partial charge in [0.1, 0.15) is 0 Å². The normalized spacial score (nSPS) is 28.8. The van der Waals surface area contributed by atoms with E-state index in [-0.39, 0.29) is 47.8 Å². The molecule has 5 atom stereocenters. The zero-order valence-corrected chi connectivity index (χ0v) is 16.9. The van der Waals surface area contributed by atoms with E-state index in [1.165, 1.54) is 4.90 Å². The number of hydrogen-bond acceptors (Lipinski definition) is 3. The summed E-state index contributed by atoms with van der Waals surface area (Å²) >= 11 is 6.43. The number of likely N-dealkylation sites (tertiary alicyclic amines) is 1. The van der Waals surface area contributed by atoms with Gasteiger partial charge in [-0.15, -0.1) is 0 Å². The number of amides is 3. The fraction of sp³-hybridized carbons (Fsp3) is 0.500. The third-order valence-corrected chi connectivity index (χ3v) is 6.91. The van der Waals surface area contributed by atoms with Crippen LogP contribution in [0.25, 0.3) is 0 Å². The summed E-state index contributed by atoms with van der Waals surface area (Å²) in [6.07, 6.45) is 5.10. The maximum atomic E-state index is 13.3. The van der Waals surface area contributed by atoms with Crippen LogP contribution in [0, 0.1) is 23.7 Å². The van der Waals surface area contributed by atoms with Crippen molar-refractivity contribution in [3.05, 3.63) is 47.0 Å². The molecule has 0 spiro atoms. The quantitative estimate of drug-likeness (QED) is 0.543. The van der Waals surface area contributed by atoms with Gasteiger partial charge in [0.05, 0.1) is 24.3 Å². The fourth-order valence-electron chi connectivity index (χ4n) is 5.19.